The maximum Gasteiger partial charge on any atom is 0.338 e. The molecule has 1 saturated carbocycles. The molecule has 0 bridgehead atoms. The lowest BCUT2D eigenvalue weighted by Crippen LogP contribution is -2.67. The van der Waals surface area contributed by atoms with E-state index in [0.29, 0.717) is 0 Å². The summed E-state index contributed by atoms with van der Waals surface area (Å²) < 4.78 is 86.6. The van der Waals surface area contributed by atoms with E-state index < -0.39 is 83.0 Å². The minimum atomic E-state index is -2.12. The van der Waals surface area contributed by atoms with Gasteiger partial charge in [0.15, 0.2) is 12.2 Å². The molecule has 3 rings (SSSR count). The van der Waals surface area contributed by atoms with Crippen LogP contribution in [-0.4, -0.2) is 101 Å². The van der Waals surface area contributed by atoms with Gasteiger partial charge in [0.05, 0.1) is 64.0 Å². The van der Waals surface area contributed by atoms with Crippen LogP contribution in [0.4, 0.5) is 0 Å². The van der Waals surface area contributed by atoms with Crippen LogP contribution in [0.5, 0.6) is 0 Å². The van der Waals surface area contributed by atoms with Crippen molar-refractivity contribution in [2.24, 2.45) is 0 Å². The third-order valence-electron chi connectivity index (χ3n) is 7.16. The van der Waals surface area contributed by atoms with Crippen molar-refractivity contribution in [1.29, 1.82) is 0 Å². The van der Waals surface area contributed by atoms with Crippen LogP contribution in [-0.2, 0) is 63.8 Å². The largest absolute Gasteiger partial charge is 0.453 e. The van der Waals surface area contributed by atoms with Gasteiger partial charge in [-0.05, 0) is 79.7 Å². The van der Waals surface area contributed by atoms with Crippen LogP contribution >= 0.6 is 34.4 Å². The summed E-state index contributed by atoms with van der Waals surface area (Å²) in [6.07, 6.45) is -8.19. The smallest absolute Gasteiger partial charge is 0.338 e. The number of rotatable bonds is 28. The molecule has 0 saturated heterocycles. The van der Waals surface area contributed by atoms with Gasteiger partial charge in [-0.3, -0.25) is 0 Å². The first-order valence-electron chi connectivity index (χ1n) is 18.7. The van der Waals surface area contributed by atoms with Crippen LogP contribution in [0.3, 0.4) is 0 Å². The molecule has 20 heteroatoms. The van der Waals surface area contributed by atoms with Crippen LogP contribution in [0.25, 0.3) is 0 Å². The van der Waals surface area contributed by atoms with Crippen LogP contribution in [0.2, 0.25) is 0 Å². The molecule has 2 aromatic carbocycles. The summed E-state index contributed by atoms with van der Waals surface area (Å²) >= 11 is 0. The van der Waals surface area contributed by atoms with Gasteiger partial charge in [-0.25, -0.2) is 9.59 Å². The molecule has 1 aliphatic rings. The monoisotopic (exact) mass is 868 g/mol. The molecule has 1 aliphatic carbocycles. The van der Waals surface area contributed by atoms with Gasteiger partial charge in [-0.1, -0.05) is 36.4 Å². The summed E-state index contributed by atoms with van der Waals surface area (Å²) in [7, 11) is -8.48. The summed E-state index contributed by atoms with van der Waals surface area (Å²) in [5, 5.41) is 0. The quantitative estimate of drug-likeness (QED) is 0.0587. The van der Waals surface area contributed by atoms with Crippen LogP contribution < -0.4 is 0 Å². The molecule has 16 nitrogen and oxygen atoms in total. The zero-order chi connectivity index (χ0) is 40.7. The van der Waals surface area contributed by atoms with Crippen molar-refractivity contribution in [1.82, 2.24) is 0 Å². The van der Waals surface area contributed by atoms with Crippen LogP contribution in [0, 0.1) is 0 Å². The minimum absolute atomic E-state index is 0.216. The Bertz CT molecular complexity index is 1180. The lowest BCUT2D eigenvalue weighted by molar-refractivity contribution is -0.206. The molecule has 56 heavy (non-hydrogen) atoms. The summed E-state index contributed by atoms with van der Waals surface area (Å²) in [4.78, 5) is 28.2. The summed E-state index contributed by atoms with van der Waals surface area (Å²) in [6, 6.07) is 16.8. The van der Waals surface area contributed by atoms with E-state index in [0.717, 1.165) is 0 Å². The Balaban J connectivity index is 2.39. The third kappa shape index (κ3) is 15.7. The third-order valence-corrected chi connectivity index (χ3v) is 12.6. The molecule has 2 aromatic rings. The maximum atomic E-state index is 14.1. The first-order valence-corrected chi connectivity index (χ1v) is 23.1. The second-order valence-corrected chi connectivity index (χ2v) is 15.7. The Labute approximate surface area is 335 Å². The predicted molar refractivity (Wildman–Crippen MR) is 211 cm³/mol. The predicted octanol–water partition coefficient (Wildman–Crippen LogP) is 9.19. The molecular weight excluding hydrogens is 812 g/mol. The zero-order valence-electron chi connectivity index (χ0n) is 33.2. The van der Waals surface area contributed by atoms with E-state index in [4.69, 9.17) is 63.8 Å². The van der Waals surface area contributed by atoms with E-state index >= 15 is 0 Å². The Morgan fingerprint density at radius 3 is 0.786 bits per heavy atom. The molecule has 0 spiro atoms. The van der Waals surface area contributed by atoms with E-state index in [1.165, 1.54) is 0 Å². The standard InChI is InChI=1S/C36H56O16P4/c1-9-39-53(40-10-2)49-31-29(47-35(37)27-23-19-17-20-24-27)33(51-55(43-13-5)44-14-6)34(52-56(45-15-7)46-16-8)30(32(31)50-54(41-11-3)42-12-4)48-36(38)28-25-21-18-22-26-28/h17-26,29-34H,9-16H2,1-8H3/t29?,30?,31-,32-,33-,34+/m1/s1. The Morgan fingerprint density at radius 2 is 0.589 bits per heavy atom. The second-order valence-electron chi connectivity index (χ2n) is 11.0. The van der Waals surface area contributed by atoms with E-state index in [2.05, 4.69) is 0 Å². The van der Waals surface area contributed by atoms with Gasteiger partial charge in [-0.2, -0.15) is 0 Å². The summed E-state index contributed by atoms with van der Waals surface area (Å²) in [5.41, 5.74) is 0.478. The van der Waals surface area contributed by atoms with Crippen molar-refractivity contribution >= 4 is 46.3 Å². The van der Waals surface area contributed by atoms with Crippen molar-refractivity contribution < 1.29 is 73.3 Å². The average molecular weight is 869 g/mol. The normalized spacial score (nSPS) is 21.3. The highest BCUT2D eigenvalue weighted by molar-refractivity contribution is 7.42. The number of benzene rings is 2. The lowest BCUT2D eigenvalue weighted by atomic mass is 9.84. The highest BCUT2D eigenvalue weighted by atomic mass is 31.2. The molecular formula is C36H56O16P4. The van der Waals surface area contributed by atoms with Gasteiger partial charge in [0.1, 0.15) is 24.4 Å². The fourth-order valence-electron chi connectivity index (χ4n) is 5.03. The summed E-state index contributed by atoms with van der Waals surface area (Å²) in [6.45, 7) is 16.0. The fraction of sp³-hybridized carbons (Fsp3) is 0.611. The first-order chi connectivity index (χ1) is 27.3. The minimum Gasteiger partial charge on any atom is -0.453 e. The summed E-state index contributed by atoms with van der Waals surface area (Å²) in [5.74, 6) is -1.45. The van der Waals surface area contributed by atoms with E-state index in [1.54, 1.807) is 116 Å². The molecule has 0 heterocycles. The zero-order valence-corrected chi connectivity index (χ0v) is 36.8. The Hall–Kier alpha value is -1.38. The Morgan fingerprint density at radius 1 is 0.375 bits per heavy atom. The lowest BCUT2D eigenvalue weighted by Gasteiger charge is -2.49. The SMILES string of the molecule is CCOP(OCC)O[C@@H]1C(OC(=O)c2ccccc2)[C@@H](OP(OCC)OCC)[C@@H](OP(OCC)OCC)C(OC(=O)c2ccccc2)[C@H]1OP(OCC)OCC. The van der Waals surface area contributed by atoms with Crippen molar-refractivity contribution in [3.63, 3.8) is 0 Å². The topological polar surface area (TPSA) is 163 Å². The van der Waals surface area contributed by atoms with Crippen molar-refractivity contribution in [2.75, 3.05) is 52.9 Å². The number of esters is 2. The molecule has 0 N–H and O–H groups in total. The van der Waals surface area contributed by atoms with E-state index in [9.17, 15) is 9.59 Å². The van der Waals surface area contributed by atoms with Gasteiger partial charge in [0, 0.05) is 0 Å². The Kier molecular flexibility index (Phi) is 24.6. The molecule has 2 unspecified atom stereocenters. The van der Waals surface area contributed by atoms with Crippen molar-refractivity contribution in [3.05, 3.63) is 71.8 Å². The number of carbonyl (C=O) groups excluding carboxylic acids is 2. The van der Waals surface area contributed by atoms with E-state index in [1.807, 2.05) is 0 Å². The number of hydrogen-bond acceptors (Lipinski definition) is 16. The molecule has 0 amide bonds. The number of carbonyl (C=O) groups is 2. The molecule has 316 valence electrons. The maximum absolute atomic E-state index is 14.1. The second kappa shape index (κ2) is 28.2. The van der Waals surface area contributed by atoms with Crippen LogP contribution in [0.15, 0.2) is 60.7 Å². The van der Waals surface area contributed by atoms with Gasteiger partial charge in [0.2, 0.25) is 0 Å². The fourth-order valence-corrected chi connectivity index (χ4v) is 9.26. The highest BCUT2D eigenvalue weighted by Crippen LogP contribution is 2.54. The number of hydrogen-bond donors (Lipinski definition) is 0. The molecule has 0 radical (unpaired) electrons. The molecule has 0 aromatic heterocycles. The van der Waals surface area contributed by atoms with Gasteiger partial charge < -0.3 is 63.8 Å². The van der Waals surface area contributed by atoms with Gasteiger partial charge >= 0.3 is 46.3 Å². The average Bonchev–Trinajstić information content (AvgIpc) is 3.19. The van der Waals surface area contributed by atoms with Crippen molar-refractivity contribution in [3.8, 4) is 0 Å². The first kappa shape index (κ1) is 49.0. The van der Waals surface area contributed by atoms with Gasteiger partial charge in [-0.15, -0.1) is 0 Å². The van der Waals surface area contributed by atoms with Gasteiger partial charge in [0.25, 0.3) is 0 Å². The van der Waals surface area contributed by atoms with Crippen molar-refractivity contribution in [2.45, 2.75) is 92.0 Å². The van der Waals surface area contributed by atoms with E-state index in [-0.39, 0.29) is 64.0 Å². The molecule has 6 atom stereocenters. The highest BCUT2D eigenvalue weighted by Gasteiger charge is 2.61. The van der Waals surface area contributed by atoms with Crippen LogP contribution in [0.1, 0.15) is 76.1 Å². The molecule has 0 aliphatic heterocycles. The molecule has 1 fully saturated rings. The number of ether oxygens (including phenoxy) is 2.